The van der Waals surface area contributed by atoms with E-state index in [0.29, 0.717) is 10.4 Å². The Morgan fingerprint density at radius 3 is 2.52 bits per heavy atom. The number of halogens is 2. The van der Waals surface area contributed by atoms with Crippen molar-refractivity contribution in [3.05, 3.63) is 77.0 Å². The quantitative estimate of drug-likeness (QED) is 0.558. The second kappa shape index (κ2) is 7.54. The molecule has 1 atom stereocenters. The molecule has 1 unspecified atom stereocenters. The summed E-state index contributed by atoms with van der Waals surface area (Å²) in [5, 5.41) is 2.42. The zero-order valence-corrected chi connectivity index (χ0v) is 16.2. The first-order valence-corrected chi connectivity index (χ1v) is 10.6. The van der Waals surface area contributed by atoms with E-state index in [-0.39, 0.29) is 11.3 Å². The van der Waals surface area contributed by atoms with Gasteiger partial charge in [-0.25, -0.2) is 4.39 Å². The Morgan fingerprint density at radius 1 is 1.26 bits per heavy atom. The second-order valence-electron chi connectivity index (χ2n) is 5.69. The molecule has 0 aliphatic rings. The number of rotatable bonds is 5. The lowest BCUT2D eigenvalue weighted by molar-refractivity contribution is -0.118. The van der Waals surface area contributed by atoms with Crippen LogP contribution >= 0.6 is 30.5 Å². The fourth-order valence-corrected chi connectivity index (χ4v) is 4.98. The van der Waals surface area contributed by atoms with Gasteiger partial charge in [-0.15, -0.1) is 11.3 Å². The third-order valence-corrected chi connectivity index (χ3v) is 6.34. The summed E-state index contributed by atoms with van der Waals surface area (Å²) in [6.45, 7) is 3.54. The minimum Gasteiger partial charge on any atom is -0.324 e. The van der Waals surface area contributed by atoms with Gasteiger partial charge in [-0.1, -0.05) is 18.2 Å². The first-order valence-electron chi connectivity index (χ1n) is 7.65. The highest BCUT2D eigenvalue weighted by Crippen LogP contribution is 2.55. The van der Waals surface area contributed by atoms with Crippen molar-refractivity contribution < 1.29 is 23.5 Å². The molecule has 0 spiro atoms. The van der Waals surface area contributed by atoms with Crippen molar-refractivity contribution in [1.29, 1.82) is 0 Å². The summed E-state index contributed by atoms with van der Waals surface area (Å²) in [6, 6.07) is 9.89. The van der Waals surface area contributed by atoms with Crippen molar-refractivity contribution in [3.63, 3.8) is 0 Å². The zero-order chi connectivity index (χ0) is 19.8. The lowest BCUT2D eigenvalue weighted by atomic mass is 10.1. The van der Waals surface area contributed by atoms with Crippen LogP contribution in [0.15, 0.2) is 60.6 Å². The van der Waals surface area contributed by atoms with Crippen molar-refractivity contribution in [3.8, 4) is 0 Å². The summed E-state index contributed by atoms with van der Waals surface area (Å²) in [5.74, 6) is -1.37. The minimum atomic E-state index is -4.89. The molecule has 9 heteroatoms. The van der Waals surface area contributed by atoms with Gasteiger partial charge in [-0.05, 0) is 58.8 Å². The van der Waals surface area contributed by atoms with Crippen molar-refractivity contribution in [2.24, 2.45) is 0 Å². The highest BCUT2D eigenvalue weighted by molar-refractivity contribution is 7.53. The first kappa shape index (κ1) is 19.7. The predicted molar refractivity (Wildman–Crippen MR) is 106 cm³/mol. The third kappa shape index (κ3) is 3.98. The van der Waals surface area contributed by atoms with E-state index in [1.165, 1.54) is 28.8 Å². The molecule has 1 aromatic heterocycles. The molecule has 27 heavy (non-hydrogen) atoms. The van der Waals surface area contributed by atoms with Gasteiger partial charge < -0.3 is 9.79 Å². The van der Waals surface area contributed by atoms with Crippen molar-refractivity contribution in [2.75, 3.05) is 4.90 Å². The number of anilines is 1. The smallest absolute Gasteiger partial charge is 0.324 e. The van der Waals surface area contributed by atoms with Crippen LogP contribution in [0.1, 0.15) is 11.2 Å². The highest BCUT2D eigenvalue weighted by Gasteiger charge is 2.41. The Morgan fingerprint density at radius 2 is 1.93 bits per heavy atom. The second-order valence-corrected chi connectivity index (χ2v) is 8.73. The molecule has 0 aliphatic carbocycles. The zero-order valence-electron chi connectivity index (χ0n) is 13.8. The fourth-order valence-electron chi connectivity index (χ4n) is 2.75. The monoisotopic (exact) mass is 425 g/mol. The summed E-state index contributed by atoms with van der Waals surface area (Å²) in [7, 11) is -4.89. The Bertz CT molecular complexity index is 1060. The summed E-state index contributed by atoms with van der Waals surface area (Å²) in [5.41, 5.74) is -1.31. The molecule has 3 rings (SSSR count). The number of carbonyl (C=O) groups excluding carboxylic acids is 1. The number of hydrogen-bond acceptors (Lipinski definition) is 3. The number of nitrogens with zero attached hydrogens (tertiary/aromatic N) is 1. The molecule has 0 saturated carbocycles. The molecule has 5 nitrogen and oxygen atoms in total. The number of thiophene rings is 1. The minimum absolute atomic E-state index is 0.185. The van der Waals surface area contributed by atoms with Crippen molar-refractivity contribution in [2.45, 2.75) is 5.66 Å². The normalized spacial score (nSPS) is 12.7. The molecule has 1 heterocycles. The van der Waals surface area contributed by atoms with Gasteiger partial charge in [0, 0.05) is 21.6 Å². The molecule has 3 aromatic rings. The summed E-state index contributed by atoms with van der Waals surface area (Å²) < 4.78 is 26.1. The van der Waals surface area contributed by atoms with Gasteiger partial charge in [0.15, 0.2) is 5.66 Å². The van der Waals surface area contributed by atoms with Crippen LogP contribution in [0.3, 0.4) is 0 Å². The maximum absolute atomic E-state index is 13.2. The van der Waals surface area contributed by atoms with Crippen LogP contribution in [0.5, 0.6) is 0 Å². The summed E-state index contributed by atoms with van der Waals surface area (Å²) in [6.07, 6.45) is 1.14. The molecular formula is C18H14ClFNO4PS. The van der Waals surface area contributed by atoms with Crippen LogP contribution in [0.4, 0.5) is 10.1 Å². The standard InChI is InChI=1S/C18H14ClFNO4PS/c1-2-21(13-6-4-12(20)5-7-13)18(22)17(26(23,24)25)15-10-27-16-8-3-11(19)9-14(15)16/h2-10,17H,1H2,(H2,23,24,25). The van der Waals surface area contributed by atoms with E-state index in [1.807, 2.05) is 0 Å². The van der Waals surface area contributed by atoms with E-state index in [2.05, 4.69) is 6.58 Å². The van der Waals surface area contributed by atoms with Crippen LogP contribution in [-0.2, 0) is 9.36 Å². The molecule has 2 N–H and O–H groups in total. The van der Waals surface area contributed by atoms with E-state index < -0.39 is 25.0 Å². The van der Waals surface area contributed by atoms with Gasteiger partial charge in [-0.2, -0.15) is 0 Å². The molecule has 0 bridgehead atoms. The number of carbonyl (C=O) groups is 1. The van der Waals surface area contributed by atoms with Crippen molar-refractivity contribution >= 4 is 52.2 Å². The van der Waals surface area contributed by atoms with E-state index in [0.717, 1.165) is 27.9 Å². The molecule has 0 aliphatic heterocycles. The van der Waals surface area contributed by atoms with Crippen molar-refractivity contribution in [1.82, 2.24) is 0 Å². The first-order chi connectivity index (χ1) is 12.7. The van der Waals surface area contributed by atoms with Gasteiger partial charge >= 0.3 is 7.60 Å². The number of fused-ring (bicyclic) bond motifs is 1. The maximum atomic E-state index is 13.2. The Kier molecular flexibility index (Phi) is 5.51. The number of benzene rings is 2. The SMILES string of the molecule is C=CN(C(=O)C(c1csc2ccc(Cl)cc12)P(=O)(O)O)c1ccc(F)cc1. The largest absolute Gasteiger partial charge is 0.342 e. The molecule has 140 valence electrons. The maximum Gasteiger partial charge on any atom is 0.342 e. The lowest BCUT2D eigenvalue weighted by Gasteiger charge is -2.25. The van der Waals surface area contributed by atoms with Crippen LogP contribution < -0.4 is 4.90 Å². The number of amides is 1. The van der Waals surface area contributed by atoms with Crippen LogP contribution in [0.25, 0.3) is 10.1 Å². The predicted octanol–water partition coefficient (Wildman–Crippen LogP) is 5.09. The summed E-state index contributed by atoms with van der Waals surface area (Å²) in [4.78, 5) is 33.9. The molecule has 2 aromatic carbocycles. The van der Waals surface area contributed by atoms with Crippen LogP contribution in [0.2, 0.25) is 5.02 Å². The Hall–Kier alpha value is -2.02. The van der Waals surface area contributed by atoms with Gasteiger partial charge in [0.25, 0.3) is 5.91 Å². The fraction of sp³-hybridized carbons (Fsp3) is 0.0556. The van der Waals surface area contributed by atoms with Gasteiger partial charge in [0.2, 0.25) is 0 Å². The van der Waals surface area contributed by atoms with Crippen LogP contribution in [-0.4, -0.2) is 15.7 Å². The lowest BCUT2D eigenvalue weighted by Crippen LogP contribution is -2.30. The Labute approximate surface area is 163 Å². The van der Waals surface area contributed by atoms with Gasteiger partial charge in [0.05, 0.1) is 0 Å². The van der Waals surface area contributed by atoms with E-state index in [4.69, 9.17) is 11.6 Å². The van der Waals surface area contributed by atoms with E-state index in [9.17, 15) is 23.5 Å². The average molecular weight is 426 g/mol. The van der Waals surface area contributed by atoms with Gasteiger partial charge in [-0.3, -0.25) is 14.3 Å². The van der Waals surface area contributed by atoms with Crippen LogP contribution in [0, 0.1) is 5.82 Å². The molecule has 1 amide bonds. The van der Waals surface area contributed by atoms with E-state index in [1.54, 1.807) is 18.2 Å². The Balaban J connectivity index is 2.13. The van der Waals surface area contributed by atoms with E-state index >= 15 is 0 Å². The number of hydrogen-bond donors (Lipinski definition) is 2. The third-order valence-electron chi connectivity index (χ3n) is 3.96. The summed E-state index contributed by atoms with van der Waals surface area (Å²) >= 11 is 7.26. The highest BCUT2D eigenvalue weighted by atomic mass is 35.5. The molecular weight excluding hydrogens is 412 g/mol. The molecule has 0 radical (unpaired) electrons. The molecule has 0 fully saturated rings. The average Bonchev–Trinajstić information content (AvgIpc) is 2.99. The molecule has 0 saturated heterocycles. The van der Waals surface area contributed by atoms with Gasteiger partial charge in [0.1, 0.15) is 5.82 Å². The topological polar surface area (TPSA) is 77.8 Å².